The number of nitrogens with one attached hydrogen (secondary N) is 1. The largest absolute Gasteiger partial charge is 0.452 e. The van der Waals surface area contributed by atoms with Crippen LogP contribution in [0.1, 0.15) is 50.5 Å². The van der Waals surface area contributed by atoms with Gasteiger partial charge in [0.05, 0.1) is 18.3 Å². The average Bonchev–Trinajstić information content (AvgIpc) is 2.50. The van der Waals surface area contributed by atoms with Gasteiger partial charge in [0.2, 0.25) is 0 Å². The number of carbonyl (C=O) groups is 2. The zero-order valence-electron chi connectivity index (χ0n) is 14.6. The van der Waals surface area contributed by atoms with E-state index >= 15 is 0 Å². The van der Waals surface area contributed by atoms with E-state index in [9.17, 15) is 9.59 Å². The molecule has 0 heterocycles. The Morgan fingerprint density at radius 3 is 2.17 bits per heavy atom. The standard InChI is InChI=1S/C18H27NO4/c1-12(2)14(5)19-17(20)11-23-18(21)16-8-6-15(7-9-16)10-22-13(3)4/h6-9,12-14H,10-11H2,1-5H3,(H,19,20)/t14-/m1/s1. The van der Waals surface area contributed by atoms with Gasteiger partial charge in [-0.15, -0.1) is 0 Å². The molecule has 5 heteroatoms. The predicted molar refractivity (Wildman–Crippen MR) is 89.1 cm³/mol. The third-order valence-electron chi connectivity index (χ3n) is 3.50. The van der Waals surface area contributed by atoms with Gasteiger partial charge in [0.15, 0.2) is 6.61 Å². The summed E-state index contributed by atoms with van der Waals surface area (Å²) in [6.45, 7) is 10.1. The Morgan fingerprint density at radius 1 is 1.04 bits per heavy atom. The second-order valence-electron chi connectivity index (χ2n) is 6.23. The fourth-order valence-corrected chi connectivity index (χ4v) is 1.68. The van der Waals surface area contributed by atoms with Crippen LogP contribution < -0.4 is 5.32 Å². The van der Waals surface area contributed by atoms with E-state index in [0.29, 0.717) is 18.1 Å². The van der Waals surface area contributed by atoms with Crippen LogP contribution in [0, 0.1) is 5.92 Å². The summed E-state index contributed by atoms with van der Waals surface area (Å²) in [6.07, 6.45) is 0.159. The number of esters is 1. The molecule has 1 aromatic rings. The molecule has 0 unspecified atom stereocenters. The van der Waals surface area contributed by atoms with Crippen molar-refractivity contribution in [2.45, 2.75) is 53.4 Å². The third kappa shape index (κ3) is 7.28. The molecular formula is C18H27NO4. The van der Waals surface area contributed by atoms with Crippen molar-refractivity contribution < 1.29 is 19.1 Å². The van der Waals surface area contributed by atoms with Gasteiger partial charge in [-0.1, -0.05) is 26.0 Å². The summed E-state index contributed by atoms with van der Waals surface area (Å²) in [5.74, 6) is -0.467. The molecule has 0 aliphatic heterocycles. The summed E-state index contributed by atoms with van der Waals surface area (Å²) in [7, 11) is 0. The molecule has 128 valence electrons. The Hall–Kier alpha value is -1.88. The first-order valence-corrected chi connectivity index (χ1v) is 7.96. The molecule has 1 rings (SSSR count). The van der Waals surface area contributed by atoms with Crippen molar-refractivity contribution in [3.63, 3.8) is 0 Å². The molecule has 0 aliphatic carbocycles. The molecule has 1 amide bonds. The first-order valence-electron chi connectivity index (χ1n) is 7.96. The van der Waals surface area contributed by atoms with Crippen LogP contribution in [-0.4, -0.2) is 30.6 Å². The van der Waals surface area contributed by atoms with Crippen LogP contribution in [0.2, 0.25) is 0 Å². The zero-order valence-corrected chi connectivity index (χ0v) is 14.6. The van der Waals surface area contributed by atoms with Gasteiger partial charge in [0.1, 0.15) is 0 Å². The molecule has 5 nitrogen and oxygen atoms in total. The fraction of sp³-hybridized carbons (Fsp3) is 0.556. The van der Waals surface area contributed by atoms with E-state index in [0.717, 1.165) is 5.56 Å². The lowest BCUT2D eigenvalue weighted by molar-refractivity contribution is -0.125. The predicted octanol–water partition coefficient (Wildman–Crippen LogP) is 2.93. The normalized spacial score (nSPS) is 12.3. The highest BCUT2D eigenvalue weighted by atomic mass is 16.5. The van der Waals surface area contributed by atoms with E-state index in [-0.39, 0.29) is 24.7 Å². The van der Waals surface area contributed by atoms with Crippen LogP contribution >= 0.6 is 0 Å². The van der Waals surface area contributed by atoms with E-state index < -0.39 is 5.97 Å². The van der Waals surface area contributed by atoms with Crippen molar-refractivity contribution in [3.05, 3.63) is 35.4 Å². The van der Waals surface area contributed by atoms with E-state index in [1.54, 1.807) is 12.1 Å². The van der Waals surface area contributed by atoms with E-state index in [2.05, 4.69) is 5.32 Å². The lowest BCUT2D eigenvalue weighted by Gasteiger charge is -2.17. The molecule has 0 radical (unpaired) electrons. The smallest absolute Gasteiger partial charge is 0.338 e. The zero-order chi connectivity index (χ0) is 17.4. The van der Waals surface area contributed by atoms with Crippen molar-refractivity contribution in [3.8, 4) is 0 Å². The van der Waals surface area contributed by atoms with E-state index in [4.69, 9.17) is 9.47 Å². The highest BCUT2D eigenvalue weighted by Crippen LogP contribution is 2.08. The van der Waals surface area contributed by atoms with E-state index in [1.807, 2.05) is 46.8 Å². The van der Waals surface area contributed by atoms with Crippen molar-refractivity contribution in [1.82, 2.24) is 5.32 Å². The Morgan fingerprint density at radius 2 is 1.65 bits per heavy atom. The van der Waals surface area contributed by atoms with Crippen LogP contribution in [0.5, 0.6) is 0 Å². The molecule has 0 bridgehead atoms. The van der Waals surface area contributed by atoms with Gasteiger partial charge in [0.25, 0.3) is 5.91 Å². The minimum absolute atomic E-state index is 0.0430. The van der Waals surface area contributed by atoms with Crippen molar-refractivity contribution in [2.75, 3.05) is 6.61 Å². The van der Waals surface area contributed by atoms with Crippen LogP contribution in [0.15, 0.2) is 24.3 Å². The monoisotopic (exact) mass is 321 g/mol. The van der Waals surface area contributed by atoms with Crippen molar-refractivity contribution in [1.29, 1.82) is 0 Å². The molecule has 0 saturated heterocycles. The first kappa shape index (κ1) is 19.2. The molecule has 1 atom stereocenters. The van der Waals surface area contributed by atoms with Gasteiger partial charge >= 0.3 is 5.97 Å². The quantitative estimate of drug-likeness (QED) is 0.748. The molecule has 0 saturated carbocycles. The molecule has 0 aliphatic rings. The summed E-state index contributed by atoms with van der Waals surface area (Å²) in [5, 5.41) is 2.79. The lowest BCUT2D eigenvalue weighted by Crippen LogP contribution is -2.38. The number of rotatable bonds is 8. The second-order valence-corrected chi connectivity index (χ2v) is 6.23. The van der Waals surface area contributed by atoms with Crippen LogP contribution in [-0.2, 0) is 20.9 Å². The highest BCUT2D eigenvalue weighted by Gasteiger charge is 2.13. The minimum atomic E-state index is -0.506. The average molecular weight is 321 g/mol. The summed E-state index contributed by atoms with van der Waals surface area (Å²) < 4.78 is 10.5. The Bertz CT molecular complexity index is 508. The Balaban J connectivity index is 2.44. The van der Waals surface area contributed by atoms with Crippen LogP contribution in [0.25, 0.3) is 0 Å². The lowest BCUT2D eigenvalue weighted by atomic mass is 10.1. The molecule has 0 fully saturated rings. The number of hydrogen-bond acceptors (Lipinski definition) is 4. The van der Waals surface area contributed by atoms with Crippen molar-refractivity contribution >= 4 is 11.9 Å². The minimum Gasteiger partial charge on any atom is -0.452 e. The summed E-state index contributed by atoms with van der Waals surface area (Å²) >= 11 is 0. The van der Waals surface area contributed by atoms with Gasteiger partial charge in [-0.25, -0.2) is 4.79 Å². The number of hydrogen-bond donors (Lipinski definition) is 1. The second kappa shape index (κ2) is 9.30. The van der Waals surface area contributed by atoms with Crippen LogP contribution in [0.3, 0.4) is 0 Å². The number of benzene rings is 1. The van der Waals surface area contributed by atoms with Gasteiger partial charge in [0, 0.05) is 6.04 Å². The number of ether oxygens (including phenoxy) is 2. The molecule has 0 spiro atoms. The first-order chi connectivity index (χ1) is 10.8. The van der Waals surface area contributed by atoms with Gasteiger partial charge < -0.3 is 14.8 Å². The maximum Gasteiger partial charge on any atom is 0.338 e. The molecular weight excluding hydrogens is 294 g/mol. The fourth-order valence-electron chi connectivity index (χ4n) is 1.68. The summed E-state index contributed by atoms with van der Waals surface area (Å²) in [5.41, 5.74) is 1.40. The van der Waals surface area contributed by atoms with Gasteiger partial charge in [-0.05, 0) is 44.4 Å². The summed E-state index contributed by atoms with van der Waals surface area (Å²) in [6, 6.07) is 7.03. The SMILES string of the molecule is CC(C)OCc1ccc(C(=O)OCC(=O)N[C@H](C)C(C)C)cc1. The Labute approximate surface area is 138 Å². The molecule has 0 aromatic heterocycles. The van der Waals surface area contributed by atoms with Crippen LogP contribution in [0.4, 0.5) is 0 Å². The van der Waals surface area contributed by atoms with E-state index in [1.165, 1.54) is 0 Å². The maximum absolute atomic E-state index is 11.9. The van der Waals surface area contributed by atoms with Gasteiger partial charge in [-0.3, -0.25) is 4.79 Å². The number of carbonyl (C=O) groups excluding carboxylic acids is 2. The van der Waals surface area contributed by atoms with Gasteiger partial charge in [-0.2, -0.15) is 0 Å². The molecule has 23 heavy (non-hydrogen) atoms. The summed E-state index contributed by atoms with van der Waals surface area (Å²) in [4.78, 5) is 23.6. The topological polar surface area (TPSA) is 64.6 Å². The molecule has 1 aromatic carbocycles. The highest BCUT2D eigenvalue weighted by molar-refractivity contribution is 5.91. The van der Waals surface area contributed by atoms with Crippen molar-refractivity contribution in [2.24, 2.45) is 5.92 Å². The third-order valence-corrected chi connectivity index (χ3v) is 3.50. The Kier molecular flexibility index (Phi) is 7.75. The number of amides is 1. The molecule has 1 N–H and O–H groups in total. The maximum atomic E-state index is 11.9.